The van der Waals surface area contributed by atoms with E-state index in [-0.39, 0.29) is 23.0 Å². The Labute approximate surface area is 358 Å². The molecule has 12 rings (SSSR count). The minimum atomic E-state index is -0.0487. The quantitative estimate of drug-likeness (QED) is 0.153. The average Bonchev–Trinajstić information content (AvgIpc) is 3.75. The van der Waals surface area contributed by atoms with Crippen LogP contribution < -0.4 is 26.2 Å². The molecule has 0 atom stereocenters. The van der Waals surface area contributed by atoms with Crippen molar-refractivity contribution >= 4 is 111 Å². The minimum absolute atomic E-state index is 0.0115. The van der Waals surface area contributed by atoms with Crippen LogP contribution in [0.25, 0.3) is 47.7 Å². The summed E-state index contributed by atoms with van der Waals surface area (Å²) in [5.74, 6) is 0. The van der Waals surface area contributed by atoms with Gasteiger partial charge in [0.05, 0.1) is 38.5 Å². The van der Waals surface area contributed by atoms with Crippen molar-refractivity contribution < 1.29 is 0 Å². The third-order valence-electron chi connectivity index (χ3n) is 13.8. The first kappa shape index (κ1) is 36.1. The van der Waals surface area contributed by atoms with E-state index < -0.39 is 0 Å². The lowest BCUT2D eigenvalue weighted by atomic mass is 9.33. The summed E-state index contributed by atoms with van der Waals surface area (Å²) in [4.78, 5) is 5.29. The van der Waals surface area contributed by atoms with Gasteiger partial charge in [0.2, 0.25) is 0 Å². The highest BCUT2D eigenvalue weighted by Gasteiger charge is 2.47. The Morgan fingerprint density at radius 3 is 1.88 bits per heavy atom. The van der Waals surface area contributed by atoms with Crippen LogP contribution in [0.2, 0.25) is 0 Å². The number of hydrogen-bond acceptors (Lipinski definition) is 3. The van der Waals surface area contributed by atoms with E-state index in [1.807, 2.05) is 11.3 Å². The van der Waals surface area contributed by atoms with Gasteiger partial charge in [-0.15, -0.1) is 11.3 Å². The van der Waals surface area contributed by atoms with Crippen LogP contribution in [-0.2, 0) is 16.2 Å². The van der Waals surface area contributed by atoms with Crippen LogP contribution in [-0.4, -0.2) is 11.3 Å². The number of aryl methyl sites for hydroxylation is 1. The van der Waals surface area contributed by atoms with Crippen molar-refractivity contribution in [3.63, 3.8) is 0 Å². The molecule has 3 aliphatic heterocycles. The molecule has 0 radical (unpaired) electrons. The third kappa shape index (κ3) is 4.79. The first-order chi connectivity index (χ1) is 28.6. The number of hydrogen-bond donors (Lipinski definition) is 0. The molecular weight excluding hydrogens is 746 g/mol. The van der Waals surface area contributed by atoms with E-state index in [9.17, 15) is 0 Å². The van der Waals surface area contributed by atoms with E-state index in [2.05, 4.69) is 205 Å². The summed E-state index contributed by atoms with van der Waals surface area (Å²) in [6.45, 7) is 23.5. The molecule has 0 bridgehead atoms. The lowest BCUT2D eigenvalue weighted by Gasteiger charge is -2.46. The summed E-state index contributed by atoms with van der Waals surface area (Å²) < 4.78 is 5.25. The Morgan fingerprint density at radius 2 is 1.12 bits per heavy atom. The average molecular weight is 796 g/mol. The zero-order valence-electron chi connectivity index (χ0n) is 36.4. The first-order valence-electron chi connectivity index (χ1n) is 21.6. The first-order valence-corrected chi connectivity index (χ1v) is 22.5. The van der Waals surface area contributed by atoms with Gasteiger partial charge in [-0.3, -0.25) is 0 Å². The molecule has 0 saturated heterocycles. The zero-order valence-corrected chi connectivity index (χ0v) is 37.2. The molecule has 0 spiro atoms. The zero-order chi connectivity index (χ0) is 41.4. The number of fused-ring (bicyclic) bond motifs is 12. The molecule has 0 unspecified atom stereocenters. The van der Waals surface area contributed by atoms with E-state index in [0.717, 1.165) is 0 Å². The highest BCUT2D eigenvalue weighted by molar-refractivity contribution is 7.26. The second kappa shape index (κ2) is 11.7. The molecule has 3 nitrogen and oxygen atoms in total. The van der Waals surface area contributed by atoms with E-state index in [4.69, 9.17) is 0 Å². The maximum atomic E-state index is 2.67. The number of thiophene rings is 1. The standard InChI is InChI=1S/C55H50BN3S/c1-31-25-45-49-46(26-31)59-47-30-34(55(8,9)10)28-38-37-27-32(53(2,3)4)21-23-41(37)58(50(38)47)43-18-14-17-39(51(43)59)56(49)40-29-33(54(5,6)7)22-24-42(40)57(45)44-19-13-16-36-35-15-11-12-20-48(35)60-52(36)44/h11-30H,1-10H3. The van der Waals surface area contributed by atoms with Crippen LogP contribution in [0.5, 0.6) is 0 Å². The highest BCUT2D eigenvalue weighted by Crippen LogP contribution is 2.54. The molecule has 7 aromatic carbocycles. The van der Waals surface area contributed by atoms with Crippen molar-refractivity contribution in [2.24, 2.45) is 0 Å². The smallest absolute Gasteiger partial charge is 0.252 e. The summed E-state index contributed by atoms with van der Waals surface area (Å²) in [5.41, 5.74) is 20.9. The van der Waals surface area contributed by atoms with Crippen molar-refractivity contribution in [3.05, 3.63) is 144 Å². The fourth-order valence-electron chi connectivity index (χ4n) is 10.7. The van der Waals surface area contributed by atoms with Gasteiger partial charge in [0.1, 0.15) is 0 Å². The predicted molar refractivity (Wildman–Crippen MR) is 262 cm³/mol. The normalized spacial score (nSPS) is 14.4. The summed E-state index contributed by atoms with van der Waals surface area (Å²) in [6, 6.07) is 47.5. The Morgan fingerprint density at radius 1 is 0.467 bits per heavy atom. The van der Waals surface area contributed by atoms with Gasteiger partial charge in [-0.05, 0) is 122 Å². The molecule has 0 saturated carbocycles. The van der Waals surface area contributed by atoms with E-state index in [1.165, 1.54) is 120 Å². The Balaban J connectivity index is 1.23. The summed E-state index contributed by atoms with van der Waals surface area (Å²) in [6.07, 6.45) is 0. The van der Waals surface area contributed by atoms with Gasteiger partial charge in [-0.2, -0.15) is 0 Å². The SMILES string of the molecule is Cc1cc2c3c(c1)N1c4c(cccc4-n4c5ccc(C(C)(C)C)cc5c5cc(C(C)(C)C)cc1c54)B3c1cc(C(C)(C)C)ccc1N2c1cccc2c1sc1ccccc12. The number of anilines is 6. The van der Waals surface area contributed by atoms with Gasteiger partial charge in [-0.25, -0.2) is 0 Å². The number of benzene rings is 7. The predicted octanol–water partition coefficient (Wildman–Crippen LogP) is 13.7. The van der Waals surface area contributed by atoms with Crippen LogP contribution in [0.3, 0.4) is 0 Å². The van der Waals surface area contributed by atoms with Crippen molar-refractivity contribution in [1.82, 2.24) is 4.57 Å². The van der Waals surface area contributed by atoms with Crippen molar-refractivity contribution in [2.75, 3.05) is 9.80 Å². The molecule has 60 heavy (non-hydrogen) atoms. The Hall–Kier alpha value is -5.78. The summed E-state index contributed by atoms with van der Waals surface area (Å²) in [5, 5.41) is 5.30. The van der Waals surface area contributed by atoms with Gasteiger partial charge in [0.25, 0.3) is 6.71 Å². The second-order valence-electron chi connectivity index (χ2n) is 20.8. The lowest BCUT2D eigenvalue weighted by Crippen LogP contribution is -2.62. The van der Waals surface area contributed by atoms with Crippen LogP contribution in [0.4, 0.5) is 34.1 Å². The van der Waals surface area contributed by atoms with Gasteiger partial charge >= 0.3 is 0 Å². The van der Waals surface area contributed by atoms with Crippen molar-refractivity contribution in [1.29, 1.82) is 0 Å². The van der Waals surface area contributed by atoms with Gasteiger partial charge in [0.15, 0.2) is 0 Å². The number of aromatic nitrogens is 1. The fourth-order valence-corrected chi connectivity index (χ4v) is 11.9. The topological polar surface area (TPSA) is 11.4 Å². The largest absolute Gasteiger partial charge is 0.310 e. The fraction of sp³-hybridized carbons (Fsp3) is 0.236. The molecule has 2 aromatic heterocycles. The van der Waals surface area contributed by atoms with E-state index in [0.29, 0.717) is 0 Å². The van der Waals surface area contributed by atoms with Crippen molar-refractivity contribution in [2.45, 2.75) is 85.5 Å². The maximum Gasteiger partial charge on any atom is 0.252 e. The van der Waals surface area contributed by atoms with Gasteiger partial charge in [0, 0.05) is 43.3 Å². The van der Waals surface area contributed by atoms with Crippen LogP contribution >= 0.6 is 11.3 Å². The Kier molecular flexibility index (Phi) is 7.06. The van der Waals surface area contributed by atoms with Crippen LogP contribution in [0.15, 0.2) is 121 Å². The van der Waals surface area contributed by atoms with Crippen molar-refractivity contribution in [3.8, 4) is 5.69 Å². The molecule has 9 aromatic rings. The molecule has 294 valence electrons. The third-order valence-corrected chi connectivity index (χ3v) is 15.0. The number of nitrogens with zero attached hydrogens (tertiary/aromatic N) is 3. The molecule has 0 N–H and O–H groups in total. The molecule has 0 fully saturated rings. The molecule has 3 aliphatic rings. The lowest BCUT2D eigenvalue weighted by molar-refractivity contribution is 0.590. The molecule has 0 amide bonds. The Bertz CT molecular complexity index is 3360. The van der Waals surface area contributed by atoms with E-state index in [1.54, 1.807) is 0 Å². The van der Waals surface area contributed by atoms with Crippen LogP contribution in [0, 0.1) is 6.92 Å². The maximum absolute atomic E-state index is 2.67. The number of rotatable bonds is 1. The van der Waals surface area contributed by atoms with E-state index >= 15 is 0 Å². The number of para-hydroxylation sites is 1. The molecule has 5 heteroatoms. The highest BCUT2D eigenvalue weighted by atomic mass is 32.1. The molecular formula is C55H50BN3S. The molecule has 5 heterocycles. The van der Waals surface area contributed by atoms with Gasteiger partial charge in [-0.1, -0.05) is 123 Å². The summed E-state index contributed by atoms with van der Waals surface area (Å²) in [7, 11) is 0. The monoisotopic (exact) mass is 795 g/mol. The minimum Gasteiger partial charge on any atom is -0.310 e. The second-order valence-corrected chi connectivity index (χ2v) is 21.8. The summed E-state index contributed by atoms with van der Waals surface area (Å²) >= 11 is 1.91. The van der Waals surface area contributed by atoms with Gasteiger partial charge < -0.3 is 14.4 Å². The molecule has 0 aliphatic carbocycles. The van der Waals surface area contributed by atoms with Crippen LogP contribution in [0.1, 0.15) is 84.6 Å².